The number of hydrogen-bond acceptors (Lipinski definition) is 24. The lowest BCUT2D eigenvalue weighted by Gasteiger charge is -2.36. The number of nitrogens with zero attached hydrogens (tertiary/aromatic N) is 6. The number of aromatic amines is 3. The molecule has 756 valence electrons. The highest BCUT2D eigenvalue weighted by Gasteiger charge is 2.47. The molecule has 3 aliphatic rings. The summed E-state index contributed by atoms with van der Waals surface area (Å²) in [5.41, 5.74) is 19.8. The summed E-state index contributed by atoms with van der Waals surface area (Å²) in [6.07, 6.45) is 3.61. The lowest BCUT2D eigenvalue weighted by Crippen LogP contribution is -2.62. The number of aliphatic hydroxyl groups excluding tert-OH is 2. The average Bonchev–Trinajstić information content (AvgIpc) is 1.62. The first kappa shape index (κ1) is 109. The van der Waals surface area contributed by atoms with Gasteiger partial charge in [0, 0.05) is 125 Å². The van der Waals surface area contributed by atoms with Crippen LogP contribution >= 0.6 is 11.8 Å². The molecule has 0 saturated carbocycles. The molecule has 3 aromatic heterocycles. The molecule has 0 aliphatic carbocycles. The first-order valence-electron chi connectivity index (χ1n) is 46.5. The molecule has 3 aliphatic heterocycles. The first-order chi connectivity index (χ1) is 66.3. The van der Waals surface area contributed by atoms with Crippen LogP contribution in [0.25, 0.3) is 21.8 Å². The zero-order valence-electron chi connectivity index (χ0n) is 79.8. The van der Waals surface area contributed by atoms with Crippen LogP contribution in [0.2, 0.25) is 0 Å². The van der Waals surface area contributed by atoms with E-state index in [2.05, 4.69) is 78.4 Å². The number of nitrogens with two attached hydrogens (primary N) is 3. The third-order valence-electron chi connectivity index (χ3n) is 24.8. The summed E-state index contributed by atoms with van der Waals surface area (Å²) in [5.74, 6) is -17.4. The second-order valence-corrected chi connectivity index (χ2v) is 36.5. The van der Waals surface area contributed by atoms with Crippen LogP contribution in [0, 0.1) is 11.3 Å². The van der Waals surface area contributed by atoms with Crippen molar-refractivity contribution < 1.29 is 101 Å². The number of H-pyrrole nitrogens is 3. The Morgan fingerprint density at radius 2 is 1.11 bits per heavy atom. The number of methoxy groups -OCH3 is 2. The molecule has 3 saturated heterocycles. The molecule has 46 heteroatoms. The number of ether oxygens (including phenoxy) is 2. The van der Waals surface area contributed by atoms with Crippen LogP contribution in [0.4, 0.5) is 0 Å². The molecule has 0 spiro atoms. The van der Waals surface area contributed by atoms with Crippen molar-refractivity contribution in [3.8, 4) is 11.5 Å². The lowest BCUT2D eigenvalue weighted by atomic mass is 10.00. The van der Waals surface area contributed by atoms with E-state index in [0.717, 1.165) is 36.3 Å². The van der Waals surface area contributed by atoms with Gasteiger partial charge in [0.25, 0.3) is 0 Å². The Morgan fingerprint density at radius 3 is 1.71 bits per heavy atom. The van der Waals surface area contributed by atoms with E-state index in [1.807, 2.05) is 13.8 Å². The van der Waals surface area contributed by atoms with Crippen molar-refractivity contribution in [3.63, 3.8) is 0 Å². The number of unbranched alkanes of at least 4 members (excludes halogenated alkanes) is 2. The molecule has 139 heavy (non-hydrogen) atoms. The topological polar surface area (TPSA) is 660 Å². The summed E-state index contributed by atoms with van der Waals surface area (Å²) in [7, 11) is 6.68. The summed E-state index contributed by atoms with van der Waals surface area (Å²) < 4.78 is 11.0. The van der Waals surface area contributed by atoms with Gasteiger partial charge >= 0.3 is 0 Å². The number of hydrogen-bond donors (Lipinski definition) is 20. The van der Waals surface area contributed by atoms with Gasteiger partial charge in [-0.2, -0.15) is 0 Å². The Balaban J connectivity index is 1.11. The van der Waals surface area contributed by atoms with E-state index in [4.69, 9.17) is 32.1 Å². The molecule has 3 aromatic carbocycles. The van der Waals surface area contributed by atoms with E-state index >= 15 is 52.7 Å². The summed E-state index contributed by atoms with van der Waals surface area (Å²) in [6, 6.07) is -3.24. The molecular weight excluding hydrogens is 1820 g/mol. The van der Waals surface area contributed by atoms with Crippen LogP contribution < -0.4 is 85.2 Å². The lowest BCUT2D eigenvalue weighted by molar-refractivity contribution is -0.149. The molecule has 0 bridgehead atoms. The quantitative estimate of drug-likeness (QED) is 0.0136. The van der Waals surface area contributed by atoms with Gasteiger partial charge in [-0.15, -0.1) is 11.8 Å². The Hall–Kier alpha value is -13.9. The molecule has 6 heterocycles. The van der Waals surface area contributed by atoms with Crippen LogP contribution in [0.1, 0.15) is 140 Å². The second-order valence-electron chi connectivity index (χ2n) is 35.5. The molecule has 45 nitrogen and oxygen atoms in total. The molecule has 17 amide bonds. The number of para-hydroxylation sites is 2. The van der Waals surface area contributed by atoms with Gasteiger partial charge in [-0.3, -0.25) is 86.9 Å². The van der Waals surface area contributed by atoms with E-state index in [-0.39, 0.29) is 95.4 Å². The number of imidazole rings is 1. The Morgan fingerprint density at radius 1 is 0.561 bits per heavy atom. The largest absolute Gasteiger partial charge is 0.493 e. The number of amides is 17. The summed E-state index contributed by atoms with van der Waals surface area (Å²) in [6.45, 7) is 6.02. The van der Waals surface area contributed by atoms with E-state index in [9.17, 15) is 39.0 Å². The van der Waals surface area contributed by atoms with Crippen molar-refractivity contribution >= 4 is 140 Å². The molecule has 6 aromatic rings. The van der Waals surface area contributed by atoms with E-state index in [1.165, 1.54) is 60.9 Å². The average molecular weight is 1950 g/mol. The monoisotopic (exact) mass is 1950 g/mol. The predicted molar refractivity (Wildman–Crippen MR) is 511 cm³/mol. The van der Waals surface area contributed by atoms with Crippen molar-refractivity contribution in [1.29, 1.82) is 5.41 Å². The maximum Gasteiger partial charge on any atom is 0.246 e. The number of thioether (sulfide) groups is 1. The van der Waals surface area contributed by atoms with Crippen molar-refractivity contribution in [3.05, 3.63) is 114 Å². The third-order valence-corrected chi connectivity index (χ3v) is 25.9. The number of aliphatic hydroxyl groups is 2. The minimum atomic E-state index is -1.90. The second kappa shape index (κ2) is 52.0. The zero-order valence-corrected chi connectivity index (χ0v) is 80.7. The molecule has 9 rings (SSSR count). The number of aromatic nitrogens is 4. The van der Waals surface area contributed by atoms with E-state index in [0.29, 0.717) is 75.6 Å². The zero-order chi connectivity index (χ0) is 102. The number of guanidine groups is 1. The Kier molecular flexibility index (Phi) is 40.7. The fourth-order valence-electron chi connectivity index (χ4n) is 17.2. The maximum atomic E-state index is 15.8. The van der Waals surface area contributed by atoms with Gasteiger partial charge in [0.1, 0.15) is 84.6 Å². The van der Waals surface area contributed by atoms with Crippen LogP contribution in [0.15, 0.2) is 91.6 Å². The number of likely N-dealkylation sites (N-methyl/N-ethyl adjacent to an activating group) is 3. The maximum absolute atomic E-state index is 15.8. The van der Waals surface area contributed by atoms with Crippen LogP contribution in [-0.2, 0) is 107 Å². The molecule has 15 atom stereocenters. The minimum Gasteiger partial charge on any atom is -0.493 e. The highest BCUT2D eigenvalue weighted by Crippen LogP contribution is 2.31. The van der Waals surface area contributed by atoms with Gasteiger partial charge in [-0.25, -0.2) is 4.98 Å². The van der Waals surface area contributed by atoms with Crippen LogP contribution in [0.3, 0.4) is 0 Å². The van der Waals surface area contributed by atoms with Crippen LogP contribution in [-0.4, -0.2) is 331 Å². The molecule has 0 unspecified atom stereocenters. The summed E-state index contributed by atoms with van der Waals surface area (Å²) in [4.78, 5) is 270. The predicted octanol–water partition coefficient (Wildman–Crippen LogP) is -2.62. The number of fused-ring (bicyclic) bond motifs is 4. The number of carbonyl (C=O) groups excluding carboxylic acids is 17. The first-order valence-corrected chi connectivity index (χ1v) is 47.6. The Labute approximate surface area is 808 Å². The summed E-state index contributed by atoms with van der Waals surface area (Å²) >= 11 is 0.766. The number of primary amides is 2. The fourth-order valence-corrected chi connectivity index (χ4v) is 18.0. The highest BCUT2D eigenvalue weighted by atomic mass is 32.2. The van der Waals surface area contributed by atoms with Crippen molar-refractivity contribution in [2.45, 2.75) is 234 Å². The number of benzene rings is 3. The molecular formula is C93H132N24O21S. The van der Waals surface area contributed by atoms with Gasteiger partial charge in [-0.1, -0.05) is 95.8 Å². The Bertz CT molecular complexity index is 5360. The minimum absolute atomic E-state index is 0.0136. The standard InChI is InChI=1S/C93H132N24O21S/c1-11-13-26-70-85(129)105-61(25-19-31-99-93(96)97)81(125)112-69(80(124)102-44-77(95)121)47-139-48-78(122)104-65(34-52-29-30-74(137-9)75(35-52)138-10)88(132)113(6)51(5)79(123)108-67(40-76(94)120)90(134)116-32-20-28-71(116)86(130)107-63(38-55-43-98-49-103-55)83(127)109-64(33-50(3)4)91(135)117-45-56(119)39-73(117)87(131)106-62(36-53-41-100-59-23-17-15-21-57(53)59)82(126)111-68(46-118)84(128)110-66(37-54-42-101-60-24-18-16-22-58(54)60)89(133)115(8)72(27-14-12-2)92(136)114(70)7/h15-18,21-24,29-30,35,41-43,49-51,56,61-73,100-101,118-119H,11-14,19-20,25-28,31-34,36-40,44-48H2,1-10H3,(H2,94,120)(H2,95,121)(H,98,103)(H,102,124)(H,104,122)(H,105,129)(H,106,131)(H,107,130)(H,108,123)(H,109,127)(H,110,128)(H,111,126)(H,112,125)(H4,96,97,99)/t51-,56+,61-,62-,63-,64+,65-,66-,67-,68-,69-,70-,71-,72-,73-/m0/s1. The third kappa shape index (κ3) is 30.0. The van der Waals surface area contributed by atoms with E-state index < -0.39 is 241 Å². The number of nitrogens with one attached hydrogen (secondary N) is 15. The van der Waals surface area contributed by atoms with Gasteiger partial charge in [0.2, 0.25) is 100 Å². The van der Waals surface area contributed by atoms with Gasteiger partial charge in [-0.05, 0) is 98.7 Å². The number of carbonyl (C=O) groups is 17. The SMILES string of the molecule is CCCC[C@H]1C(=O)N(C)[C@@H](CCCC)C(=O)N[C@@H](CCCNC(=N)N)C(=O)N[C@H](C(=O)NCC(N)=O)CSCC(=O)N[C@@H](Cc2ccc(OC)c(OC)c2)C(=O)N(C)[C@@H](C)C(=O)N[C@@H](CC(N)=O)C(=O)N2CCC[C@H]2C(=O)N[C@@H](Cc2cnc[nH]2)C(=O)N[C@H](CC(C)C)C(=O)N2C[C@H](O)C[C@H]2C(=O)N[C@@H](Cc2c[nH]c3ccccc23)C(=O)N[C@@H](CO)C(=O)N[C@@H](Cc2c[nH]c3ccccc23)C(=O)N1C. The number of rotatable bonds is 28. The molecule has 0 radical (unpaired) electrons. The molecule has 3 fully saturated rings. The van der Waals surface area contributed by atoms with Crippen molar-refractivity contribution in [2.75, 3.05) is 79.7 Å². The van der Waals surface area contributed by atoms with E-state index in [1.54, 1.807) is 86.9 Å². The molecule has 23 N–H and O–H groups in total. The smallest absolute Gasteiger partial charge is 0.246 e. The normalized spacial score (nSPS) is 24.4. The summed E-state index contributed by atoms with van der Waals surface area (Å²) in [5, 5.41) is 61.1. The van der Waals surface area contributed by atoms with Crippen molar-refractivity contribution in [1.82, 2.24) is 103 Å². The fraction of sp³-hybridized carbons (Fsp3) is 0.538. The van der Waals surface area contributed by atoms with Crippen LogP contribution in [0.5, 0.6) is 11.5 Å². The van der Waals surface area contributed by atoms with Gasteiger partial charge < -0.3 is 135 Å². The van der Waals surface area contributed by atoms with Crippen molar-refractivity contribution in [2.24, 2.45) is 23.1 Å². The van der Waals surface area contributed by atoms with Gasteiger partial charge in [0.15, 0.2) is 17.5 Å². The van der Waals surface area contributed by atoms with Gasteiger partial charge in [0.05, 0.1) is 52.0 Å². The highest BCUT2D eigenvalue weighted by molar-refractivity contribution is 8.00.